The number of aryl methyl sites for hydroxylation is 1. The summed E-state index contributed by atoms with van der Waals surface area (Å²) in [6.07, 6.45) is 2.06. The van der Waals surface area contributed by atoms with Crippen LogP contribution >= 0.6 is 0 Å². The number of benzene rings is 1. The number of rotatable bonds is 7. The summed E-state index contributed by atoms with van der Waals surface area (Å²) in [7, 11) is -3.08. The Balaban J connectivity index is 2.20. The Labute approximate surface area is 109 Å². The van der Waals surface area contributed by atoms with E-state index < -0.39 is 10.0 Å². The third-order valence-corrected chi connectivity index (χ3v) is 3.32. The van der Waals surface area contributed by atoms with E-state index in [9.17, 15) is 8.42 Å². The predicted molar refractivity (Wildman–Crippen MR) is 75.0 cm³/mol. The zero-order valence-electron chi connectivity index (χ0n) is 10.9. The average molecular weight is 271 g/mol. The summed E-state index contributed by atoms with van der Waals surface area (Å²) in [5, 5.41) is 3.18. The van der Waals surface area contributed by atoms with Crippen molar-refractivity contribution in [2.75, 3.05) is 31.6 Å². The van der Waals surface area contributed by atoms with Crippen LogP contribution in [-0.2, 0) is 16.4 Å². The summed E-state index contributed by atoms with van der Waals surface area (Å²) in [5.41, 5.74) is 8.87. The molecule has 0 fully saturated rings. The molecule has 18 heavy (non-hydrogen) atoms. The van der Waals surface area contributed by atoms with Gasteiger partial charge in [0.25, 0.3) is 0 Å². The van der Waals surface area contributed by atoms with Crippen molar-refractivity contribution in [1.82, 2.24) is 10.0 Å². The second-order valence-corrected chi connectivity index (χ2v) is 6.19. The lowest BCUT2D eigenvalue weighted by Gasteiger charge is -2.07. The van der Waals surface area contributed by atoms with Gasteiger partial charge in [-0.05, 0) is 37.1 Å². The van der Waals surface area contributed by atoms with Crippen LogP contribution in [0.2, 0.25) is 0 Å². The number of hydrogen-bond acceptors (Lipinski definition) is 4. The van der Waals surface area contributed by atoms with E-state index in [-0.39, 0.29) is 0 Å². The van der Waals surface area contributed by atoms with E-state index >= 15 is 0 Å². The van der Waals surface area contributed by atoms with Crippen molar-refractivity contribution < 1.29 is 8.42 Å². The Morgan fingerprint density at radius 3 is 2.56 bits per heavy atom. The molecule has 0 radical (unpaired) electrons. The van der Waals surface area contributed by atoms with Gasteiger partial charge in [0.2, 0.25) is 10.0 Å². The van der Waals surface area contributed by atoms with Crippen LogP contribution in [0, 0.1) is 6.92 Å². The largest absolute Gasteiger partial charge is 0.399 e. The van der Waals surface area contributed by atoms with Crippen molar-refractivity contribution in [1.29, 1.82) is 0 Å². The minimum atomic E-state index is -3.08. The van der Waals surface area contributed by atoms with E-state index in [1.165, 1.54) is 5.56 Å². The zero-order valence-corrected chi connectivity index (χ0v) is 11.7. The van der Waals surface area contributed by atoms with Crippen molar-refractivity contribution in [2.45, 2.75) is 13.3 Å². The van der Waals surface area contributed by atoms with E-state index in [1.807, 2.05) is 19.1 Å². The molecule has 0 atom stereocenters. The van der Waals surface area contributed by atoms with E-state index in [0.717, 1.165) is 30.5 Å². The molecule has 0 saturated heterocycles. The quantitative estimate of drug-likeness (QED) is 0.490. The Kier molecular flexibility index (Phi) is 5.58. The Morgan fingerprint density at radius 1 is 1.22 bits per heavy atom. The van der Waals surface area contributed by atoms with Crippen molar-refractivity contribution in [2.24, 2.45) is 0 Å². The molecule has 1 rings (SSSR count). The van der Waals surface area contributed by atoms with Gasteiger partial charge in [0.05, 0.1) is 6.26 Å². The SMILES string of the molecule is Cc1cc(CCNCCNS(C)(=O)=O)ccc1N. The highest BCUT2D eigenvalue weighted by Gasteiger charge is 1.99. The van der Waals surface area contributed by atoms with Crippen LogP contribution in [0.5, 0.6) is 0 Å². The zero-order chi connectivity index (χ0) is 13.6. The van der Waals surface area contributed by atoms with Gasteiger partial charge in [-0.1, -0.05) is 12.1 Å². The normalized spacial score (nSPS) is 11.7. The summed E-state index contributed by atoms with van der Waals surface area (Å²) in [6, 6.07) is 6.00. The molecule has 0 heterocycles. The molecule has 0 saturated carbocycles. The van der Waals surface area contributed by atoms with Crippen LogP contribution in [0.3, 0.4) is 0 Å². The highest BCUT2D eigenvalue weighted by molar-refractivity contribution is 7.88. The van der Waals surface area contributed by atoms with Crippen LogP contribution in [0.4, 0.5) is 5.69 Å². The van der Waals surface area contributed by atoms with Gasteiger partial charge in [0, 0.05) is 18.8 Å². The maximum atomic E-state index is 10.8. The highest BCUT2D eigenvalue weighted by Crippen LogP contribution is 2.12. The van der Waals surface area contributed by atoms with E-state index in [1.54, 1.807) is 0 Å². The number of sulfonamides is 1. The van der Waals surface area contributed by atoms with Crippen LogP contribution in [0.15, 0.2) is 18.2 Å². The Hall–Kier alpha value is -1.11. The average Bonchev–Trinajstić information content (AvgIpc) is 2.26. The van der Waals surface area contributed by atoms with Crippen LogP contribution in [0.1, 0.15) is 11.1 Å². The number of nitrogens with one attached hydrogen (secondary N) is 2. The second-order valence-electron chi connectivity index (χ2n) is 4.36. The van der Waals surface area contributed by atoms with E-state index in [0.29, 0.717) is 13.1 Å². The topological polar surface area (TPSA) is 84.2 Å². The van der Waals surface area contributed by atoms with Crippen LogP contribution in [-0.4, -0.2) is 34.3 Å². The molecule has 102 valence electrons. The molecule has 1 aromatic rings. The maximum Gasteiger partial charge on any atom is 0.208 e. The molecule has 1 aromatic carbocycles. The third-order valence-electron chi connectivity index (χ3n) is 2.59. The van der Waals surface area contributed by atoms with Gasteiger partial charge in [0.1, 0.15) is 0 Å². The monoisotopic (exact) mass is 271 g/mol. The first-order valence-corrected chi connectivity index (χ1v) is 7.78. The standard InChI is InChI=1S/C12H21N3O2S/c1-10-9-11(3-4-12(10)13)5-6-14-7-8-15-18(2,16)17/h3-4,9,14-15H,5-8,13H2,1-2H3. The first-order valence-electron chi connectivity index (χ1n) is 5.89. The molecule has 0 bridgehead atoms. The van der Waals surface area contributed by atoms with Gasteiger partial charge in [0.15, 0.2) is 0 Å². The smallest absolute Gasteiger partial charge is 0.208 e. The molecule has 0 aliphatic rings. The molecule has 0 aliphatic heterocycles. The summed E-state index contributed by atoms with van der Waals surface area (Å²) in [4.78, 5) is 0. The van der Waals surface area contributed by atoms with Gasteiger partial charge in [-0.3, -0.25) is 0 Å². The molecular weight excluding hydrogens is 250 g/mol. The summed E-state index contributed by atoms with van der Waals surface area (Å²) in [6.45, 7) is 3.84. The molecule has 0 unspecified atom stereocenters. The van der Waals surface area contributed by atoms with E-state index in [4.69, 9.17) is 5.73 Å². The summed E-state index contributed by atoms with van der Waals surface area (Å²) < 4.78 is 24.0. The van der Waals surface area contributed by atoms with Crippen LogP contribution < -0.4 is 15.8 Å². The van der Waals surface area contributed by atoms with Gasteiger partial charge in [-0.2, -0.15) is 0 Å². The van der Waals surface area contributed by atoms with Crippen molar-refractivity contribution in [3.05, 3.63) is 29.3 Å². The van der Waals surface area contributed by atoms with Crippen molar-refractivity contribution in [3.63, 3.8) is 0 Å². The number of hydrogen-bond donors (Lipinski definition) is 3. The van der Waals surface area contributed by atoms with Gasteiger partial charge < -0.3 is 11.1 Å². The molecule has 0 aliphatic carbocycles. The Morgan fingerprint density at radius 2 is 1.94 bits per heavy atom. The molecule has 0 spiro atoms. The first-order chi connectivity index (χ1) is 8.38. The van der Waals surface area contributed by atoms with Crippen molar-refractivity contribution in [3.8, 4) is 0 Å². The Bertz CT molecular complexity index is 486. The number of nitrogens with two attached hydrogens (primary N) is 1. The predicted octanol–water partition coefficient (Wildman–Crippen LogP) is 0.259. The lowest BCUT2D eigenvalue weighted by molar-refractivity contribution is 0.582. The molecule has 0 amide bonds. The van der Waals surface area contributed by atoms with Gasteiger partial charge in [-0.15, -0.1) is 0 Å². The number of nitrogen functional groups attached to an aromatic ring is 1. The minimum Gasteiger partial charge on any atom is -0.399 e. The fraction of sp³-hybridized carbons (Fsp3) is 0.500. The van der Waals surface area contributed by atoms with Gasteiger partial charge >= 0.3 is 0 Å². The lowest BCUT2D eigenvalue weighted by Crippen LogP contribution is -2.31. The first kappa shape index (κ1) is 14.9. The third kappa shape index (κ3) is 6.00. The summed E-state index contributed by atoms with van der Waals surface area (Å²) >= 11 is 0. The number of anilines is 1. The van der Waals surface area contributed by atoms with Crippen LogP contribution in [0.25, 0.3) is 0 Å². The summed E-state index contributed by atoms with van der Waals surface area (Å²) in [5.74, 6) is 0. The highest BCUT2D eigenvalue weighted by atomic mass is 32.2. The fourth-order valence-electron chi connectivity index (χ4n) is 1.58. The minimum absolute atomic E-state index is 0.416. The molecule has 0 aromatic heterocycles. The molecule has 4 N–H and O–H groups in total. The van der Waals surface area contributed by atoms with Gasteiger partial charge in [-0.25, -0.2) is 13.1 Å². The molecule has 5 nitrogen and oxygen atoms in total. The lowest BCUT2D eigenvalue weighted by atomic mass is 10.1. The fourth-order valence-corrected chi connectivity index (χ4v) is 2.05. The molecule has 6 heteroatoms. The van der Waals surface area contributed by atoms with E-state index in [2.05, 4.69) is 16.1 Å². The maximum absolute atomic E-state index is 10.8. The molecular formula is C12H21N3O2S. The second kappa shape index (κ2) is 6.72. The van der Waals surface area contributed by atoms with Crippen molar-refractivity contribution >= 4 is 15.7 Å².